The lowest BCUT2D eigenvalue weighted by atomic mass is 9.99. The minimum absolute atomic E-state index is 0.0502. The second kappa shape index (κ2) is 7.18. The Balaban J connectivity index is 1.90. The van der Waals surface area contributed by atoms with Crippen LogP contribution >= 0.6 is 22.7 Å². The van der Waals surface area contributed by atoms with Crippen molar-refractivity contribution in [3.63, 3.8) is 0 Å². The maximum atomic E-state index is 13.1. The third-order valence-corrected chi connectivity index (χ3v) is 6.68. The summed E-state index contributed by atoms with van der Waals surface area (Å²) in [6.07, 6.45) is 4.33. The number of fused-ring (bicyclic) bond motifs is 1. The van der Waals surface area contributed by atoms with E-state index in [9.17, 15) is 10.1 Å². The van der Waals surface area contributed by atoms with Gasteiger partial charge in [0, 0.05) is 24.0 Å². The second-order valence-corrected chi connectivity index (χ2v) is 8.38. The SMILES string of the molecule is N#Cc1c(N)nc2sc(C(=O)N3CCCCCC3)c(N)c2c1-c1ccsc1. The third-order valence-electron chi connectivity index (χ3n) is 4.91. The van der Waals surface area contributed by atoms with Crippen LogP contribution in [-0.4, -0.2) is 28.9 Å². The summed E-state index contributed by atoms with van der Waals surface area (Å²) in [4.78, 5) is 20.5. The van der Waals surface area contributed by atoms with Crippen molar-refractivity contribution in [2.45, 2.75) is 25.7 Å². The highest BCUT2D eigenvalue weighted by molar-refractivity contribution is 7.21. The fourth-order valence-corrected chi connectivity index (χ4v) is 5.28. The van der Waals surface area contributed by atoms with E-state index in [4.69, 9.17) is 11.5 Å². The number of hydrogen-bond donors (Lipinski definition) is 2. The molecular formula is C19H19N5OS2. The number of hydrogen-bond acceptors (Lipinski definition) is 7. The lowest BCUT2D eigenvalue weighted by Crippen LogP contribution is -2.31. The van der Waals surface area contributed by atoms with Crippen LogP contribution in [0.1, 0.15) is 40.9 Å². The van der Waals surface area contributed by atoms with E-state index in [1.54, 1.807) is 0 Å². The molecule has 0 atom stereocenters. The highest BCUT2D eigenvalue weighted by Crippen LogP contribution is 2.43. The normalized spacial score (nSPS) is 14.9. The zero-order chi connectivity index (χ0) is 19.0. The first-order valence-corrected chi connectivity index (χ1v) is 10.6. The average molecular weight is 398 g/mol. The van der Waals surface area contributed by atoms with Gasteiger partial charge in [-0.05, 0) is 35.2 Å². The molecule has 3 aromatic heterocycles. The van der Waals surface area contributed by atoms with Gasteiger partial charge in [-0.2, -0.15) is 16.6 Å². The summed E-state index contributed by atoms with van der Waals surface area (Å²) >= 11 is 2.79. The van der Waals surface area contributed by atoms with Crippen LogP contribution in [0.15, 0.2) is 16.8 Å². The molecule has 1 saturated heterocycles. The number of nitrogens with zero attached hydrogens (tertiary/aromatic N) is 3. The molecule has 0 spiro atoms. The predicted octanol–water partition coefficient (Wildman–Crippen LogP) is 4.08. The number of aromatic nitrogens is 1. The van der Waals surface area contributed by atoms with Crippen molar-refractivity contribution in [3.05, 3.63) is 27.3 Å². The summed E-state index contributed by atoms with van der Waals surface area (Å²) in [7, 11) is 0. The Morgan fingerprint density at radius 1 is 1.22 bits per heavy atom. The molecule has 0 radical (unpaired) electrons. The minimum Gasteiger partial charge on any atom is -0.397 e. The van der Waals surface area contributed by atoms with Crippen molar-refractivity contribution in [2.24, 2.45) is 0 Å². The van der Waals surface area contributed by atoms with Crippen molar-refractivity contribution >= 4 is 50.3 Å². The summed E-state index contributed by atoms with van der Waals surface area (Å²) in [5.41, 5.74) is 14.7. The highest BCUT2D eigenvalue weighted by atomic mass is 32.1. The Hall–Kier alpha value is -2.63. The molecule has 3 aromatic rings. The van der Waals surface area contributed by atoms with Gasteiger partial charge in [0.2, 0.25) is 0 Å². The Kier molecular flexibility index (Phi) is 4.72. The molecule has 1 amide bonds. The van der Waals surface area contributed by atoms with Crippen LogP contribution in [0.4, 0.5) is 11.5 Å². The summed E-state index contributed by atoms with van der Waals surface area (Å²) in [5, 5.41) is 14.2. The van der Waals surface area contributed by atoms with Gasteiger partial charge < -0.3 is 16.4 Å². The summed E-state index contributed by atoms with van der Waals surface area (Å²) < 4.78 is 0. The maximum absolute atomic E-state index is 13.1. The lowest BCUT2D eigenvalue weighted by Gasteiger charge is -2.19. The van der Waals surface area contributed by atoms with Crippen LogP contribution in [0.5, 0.6) is 0 Å². The number of nitrogens with two attached hydrogens (primary N) is 2. The van der Waals surface area contributed by atoms with Crippen molar-refractivity contribution < 1.29 is 4.79 Å². The van der Waals surface area contributed by atoms with Crippen LogP contribution in [0.2, 0.25) is 0 Å². The van der Waals surface area contributed by atoms with Gasteiger partial charge in [-0.25, -0.2) is 4.98 Å². The topological polar surface area (TPSA) is 109 Å². The Labute approximate surface area is 165 Å². The van der Waals surface area contributed by atoms with E-state index >= 15 is 0 Å². The van der Waals surface area contributed by atoms with Gasteiger partial charge in [0.25, 0.3) is 5.91 Å². The van der Waals surface area contributed by atoms with Gasteiger partial charge >= 0.3 is 0 Å². The second-order valence-electron chi connectivity index (χ2n) is 6.60. The highest BCUT2D eigenvalue weighted by Gasteiger charge is 2.27. The number of anilines is 2. The molecule has 0 saturated carbocycles. The Morgan fingerprint density at radius 3 is 2.59 bits per heavy atom. The number of nitriles is 1. The molecule has 27 heavy (non-hydrogen) atoms. The van der Waals surface area contributed by atoms with E-state index in [-0.39, 0.29) is 11.7 Å². The van der Waals surface area contributed by atoms with Crippen LogP contribution in [0.25, 0.3) is 21.3 Å². The van der Waals surface area contributed by atoms with E-state index in [0.29, 0.717) is 31.9 Å². The molecule has 0 unspecified atom stereocenters. The molecule has 1 aliphatic heterocycles. The zero-order valence-corrected chi connectivity index (χ0v) is 16.3. The quantitative estimate of drug-likeness (QED) is 0.677. The van der Waals surface area contributed by atoms with Gasteiger partial charge in [-0.3, -0.25) is 4.79 Å². The van der Waals surface area contributed by atoms with Crippen LogP contribution in [0, 0.1) is 11.3 Å². The monoisotopic (exact) mass is 397 g/mol. The minimum atomic E-state index is -0.0502. The smallest absolute Gasteiger partial charge is 0.266 e. The number of thiophene rings is 2. The molecule has 4 heterocycles. The standard InChI is InChI=1S/C19H19N5OS2/c20-9-12-13(11-5-8-26-10-11)14-15(21)16(27-18(14)23-17(12)22)19(25)24-6-3-1-2-4-7-24/h5,8,10H,1-4,6-7,21H2,(H2,22,23). The van der Waals surface area contributed by atoms with Gasteiger partial charge in [0.15, 0.2) is 0 Å². The van der Waals surface area contributed by atoms with Crippen molar-refractivity contribution in [3.8, 4) is 17.2 Å². The van der Waals surface area contributed by atoms with Crippen LogP contribution < -0.4 is 11.5 Å². The molecule has 6 nitrogen and oxygen atoms in total. The van der Waals surface area contributed by atoms with Crippen molar-refractivity contribution in [1.29, 1.82) is 5.26 Å². The molecule has 1 fully saturated rings. The molecule has 0 aromatic carbocycles. The number of pyridine rings is 1. The van der Waals surface area contributed by atoms with Crippen LogP contribution in [-0.2, 0) is 0 Å². The Morgan fingerprint density at radius 2 is 1.96 bits per heavy atom. The molecule has 4 N–H and O–H groups in total. The van der Waals surface area contributed by atoms with Gasteiger partial charge in [-0.15, -0.1) is 11.3 Å². The summed E-state index contributed by atoms with van der Waals surface area (Å²) in [6.45, 7) is 1.51. The number of rotatable bonds is 2. The summed E-state index contributed by atoms with van der Waals surface area (Å²) in [6, 6.07) is 4.08. The first kappa shape index (κ1) is 17.8. The lowest BCUT2D eigenvalue weighted by molar-refractivity contribution is 0.0767. The molecule has 0 bridgehead atoms. The zero-order valence-electron chi connectivity index (χ0n) is 14.7. The van der Waals surface area contributed by atoms with Crippen molar-refractivity contribution in [2.75, 3.05) is 24.6 Å². The van der Waals surface area contributed by atoms with E-state index < -0.39 is 0 Å². The number of nitrogen functional groups attached to an aromatic ring is 2. The largest absolute Gasteiger partial charge is 0.397 e. The first-order chi connectivity index (χ1) is 13.1. The third kappa shape index (κ3) is 3.03. The molecule has 0 aliphatic carbocycles. The number of amides is 1. The van der Waals surface area contributed by atoms with Crippen LogP contribution in [0.3, 0.4) is 0 Å². The number of carbonyl (C=O) groups excluding carboxylic acids is 1. The van der Waals surface area contributed by atoms with Crippen molar-refractivity contribution in [1.82, 2.24) is 9.88 Å². The molecule has 138 valence electrons. The fraction of sp³-hybridized carbons (Fsp3) is 0.316. The fourth-order valence-electron chi connectivity index (χ4n) is 3.55. The van der Waals surface area contributed by atoms with Gasteiger partial charge in [0.05, 0.1) is 5.69 Å². The molecule has 8 heteroatoms. The number of likely N-dealkylation sites (tertiary alicyclic amines) is 1. The van der Waals surface area contributed by atoms with E-state index in [1.807, 2.05) is 21.7 Å². The predicted molar refractivity (Wildman–Crippen MR) is 111 cm³/mol. The van der Waals surface area contributed by atoms with E-state index in [2.05, 4.69) is 11.1 Å². The summed E-state index contributed by atoms with van der Waals surface area (Å²) in [5.74, 6) is 0.118. The number of carbonyl (C=O) groups is 1. The van der Waals surface area contributed by atoms with Gasteiger partial charge in [-0.1, -0.05) is 12.8 Å². The van der Waals surface area contributed by atoms with Gasteiger partial charge in [0.1, 0.15) is 27.2 Å². The molecular weight excluding hydrogens is 378 g/mol. The molecule has 1 aliphatic rings. The Bertz CT molecular complexity index is 1040. The van der Waals surface area contributed by atoms with E-state index in [0.717, 1.165) is 44.3 Å². The maximum Gasteiger partial charge on any atom is 0.266 e. The average Bonchev–Trinajstić information content (AvgIpc) is 3.20. The first-order valence-electron chi connectivity index (χ1n) is 8.85. The van der Waals surface area contributed by atoms with E-state index in [1.165, 1.54) is 22.7 Å². The molecule has 4 rings (SSSR count).